The average molecular weight is 295 g/mol. The van der Waals surface area contributed by atoms with Gasteiger partial charge in [0.05, 0.1) is 12.3 Å². The maximum atomic E-state index is 11.7. The lowest BCUT2D eigenvalue weighted by molar-refractivity contribution is 0.0493. The molecule has 0 bridgehead atoms. The molecule has 0 spiro atoms. The topological polar surface area (TPSA) is 89.1 Å². The maximum absolute atomic E-state index is 11.7. The number of H-pyrrole nitrogens is 1. The highest BCUT2D eigenvalue weighted by atomic mass is 35.7. The molecular weight excluding hydrogens is 280 g/mol. The van der Waals surface area contributed by atoms with Crippen molar-refractivity contribution in [2.45, 2.75) is 38.0 Å². The fourth-order valence-corrected chi connectivity index (χ4v) is 2.75. The van der Waals surface area contributed by atoms with Crippen LogP contribution in [0.5, 0.6) is 0 Å². The standard InChI is InChI=1S/C10H15ClN2O4S/c1-3-5-7-9(18(11,15)16)8(13-12-7)10(14)17-6-4-2/h3-6H2,1-2H3,(H,12,13). The molecule has 0 atom stereocenters. The number of nitrogens with zero attached hydrogens (tertiary/aromatic N) is 1. The Morgan fingerprint density at radius 3 is 2.56 bits per heavy atom. The van der Waals surface area contributed by atoms with Crippen LogP contribution >= 0.6 is 10.7 Å². The fraction of sp³-hybridized carbons (Fsp3) is 0.600. The van der Waals surface area contributed by atoms with Gasteiger partial charge in [-0.3, -0.25) is 5.10 Å². The second-order valence-corrected chi connectivity index (χ2v) is 6.21. The molecule has 1 aromatic heterocycles. The Labute approximate surface area is 110 Å². The second-order valence-electron chi connectivity index (χ2n) is 3.70. The molecule has 1 rings (SSSR count). The van der Waals surface area contributed by atoms with Gasteiger partial charge in [-0.05, 0) is 12.8 Å². The molecule has 1 aromatic rings. The van der Waals surface area contributed by atoms with Crippen LogP contribution in [0.4, 0.5) is 0 Å². The van der Waals surface area contributed by atoms with E-state index in [9.17, 15) is 13.2 Å². The Morgan fingerprint density at radius 1 is 1.39 bits per heavy atom. The zero-order valence-corrected chi connectivity index (χ0v) is 11.8. The van der Waals surface area contributed by atoms with Gasteiger partial charge in [-0.25, -0.2) is 13.2 Å². The van der Waals surface area contributed by atoms with Gasteiger partial charge in [0, 0.05) is 10.7 Å². The number of ether oxygens (including phenoxy) is 1. The quantitative estimate of drug-likeness (QED) is 0.639. The summed E-state index contributed by atoms with van der Waals surface area (Å²) in [6.07, 6.45) is 1.78. The Balaban J connectivity index is 3.16. The van der Waals surface area contributed by atoms with Gasteiger partial charge in [-0.1, -0.05) is 20.3 Å². The van der Waals surface area contributed by atoms with Gasteiger partial charge in [-0.15, -0.1) is 0 Å². The Bertz CT molecular complexity index is 524. The molecule has 0 fully saturated rings. The van der Waals surface area contributed by atoms with E-state index in [1.807, 2.05) is 13.8 Å². The van der Waals surface area contributed by atoms with Crippen LogP contribution in [0.3, 0.4) is 0 Å². The lowest BCUT2D eigenvalue weighted by Crippen LogP contribution is -2.10. The number of rotatable bonds is 6. The van der Waals surface area contributed by atoms with Crippen LogP contribution in [-0.4, -0.2) is 31.2 Å². The smallest absolute Gasteiger partial charge is 0.360 e. The SMILES string of the molecule is CCCOC(=O)c1n[nH]c(CCC)c1S(=O)(=O)Cl. The van der Waals surface area contributed by atoms with Gasteiger partial charge >= 0.3 is 5.97 Å². The zero-order chi connectivity index (χ0) is 13.8. The van der Waals surface area contributed by atoms with E-state index in [0.717, 1.165) is 0 Å². The van der Waals surface area contributed by atoms with Crippen molar-refractivity contribution in [2.75, 3.05) is 6.61 Å². The Kier molecular flexibility index (Phi) is 5.15. The van der Waals surface area contributed by atoms with Crippen molar-refractivity contribution in [3.8, 4) is 0 Å². The normalized spacial score (nSPS) is 11.5. The highest BCUT2D eigenvalue weighted by molar-refractivity contribution is 8.13. The fourth-order valence-electron chi connectivity index (χ4n) is 1.45. The monoisotopic (exact) mass is 294 g/mol. The van der Waals surface area contributed by atoms with Crippen LogP contribution in [-0.2, 0) is 20.2 Å². The first-order valence-electron chi connectivity index (χ1n) is 5.60. The summed E-state index contributed by atoms with van der Waals surface area (Å²) in [7, 11) is 1.29. The number of carbonyl (C=O) groups is 1. The van der Waals surface area contributed by atoms with Crippen LogP contribution in [0, 0.1) is 0 Å². The molecule has 8 heteroatoms. The largest absolute Gasteiger partial charge is 0.461 e. The first-order valence-corrected chi connectivity index (χ1v) is 7.91. The van der Waals surface area contributed by atoms with E-state index in [0.29, 0.717) is 25.0 Å². The molecule has 0 aromatic carbocycles. The van der Waals surface area contributed by atoms with Gasteiger partial charge in [0.1, 0.15) is 4.90 Å². The van der Waals surface area contributed by atoms with Crippen molar-refractivity contribution in [3.63, 3.8) is 0 Å². The minimum atomic E-state index is -4.04. The molecule has 6 nitrogen and oxygen atoms in total. The van der Waals surface area contributed by atoms with Gasteiger partial charge in [0.25, 0.3) is 9.05 Å². The molecule has 1 heterocycles. The maximum Gasteiger partial charge on any atom is 0.360 e. The number of esters is 1. The molecule has 0 aliphatic carbocycles. The average Bonchev–Trinajstić information content (AvgIpc) is 2.70. The summed E-state index contributed by atoms with van der Waals surface area (Å²) >= 11 is 0. The number of carbonyl (C=O) groups excluding carboxylic acids is 1. The van der Waals surface area contributed by atoms with Gasteiger partial charge in [0.15, 0.2) is 5.69 Å². The molecule has 0 aliphatic heterocycles. The number of hydrogen-bond acceptors (Lipinski definition) is 5. The molecule has 0 amide bonds. The first-order chi connectivity index (χ1) is 8.41. The molecule has 0 aliphatic rings. The van der Waals surface area contributed by atoms with Crippen molar-refractivity contribution in [2.24, 2.45) is 0 Å². The van der Waals surface area contributed by atoms with Crippen molar-refractivity contribution in [1.82, 2.24) is 10.2 Å². The van der Waals surface area contributed by atoms with Crippen LogP contribution in [0.1, 0.15) is 42.9 Å². The second kappa shape index (κ2) is 6.19. The van der Waals surface area contributed by atoms with E-state index >= 15 is 0 Å². The highest BCUT2D eigenvalue weighted by Crippen LogP contribution is 2.24. The molecule has 1 N–H and O–H groups in total. The summed E-state index contributed by atoms with van der Waals surface area (Å²) < 4.78 is 27.8. The van der Waals surface area contributed by atoms with E-state index in [-0.39, 0.29) is 17.2 Å². The zero-order valence-electron chi connectivity index (χ0n) is 10.2. The van der Waals surface area contributed by atoms with Crippen LogP contribution in [0.15, 0.2) is 4.90 Å². The molecular formula is C10H15ClN2O4S. The molecule has 0 unspecified atom stereocenters. The van der Waals surface area contributed by atoms with Crippen LogP contribution in [0.25, 0.3) is 0 Å². The summed E-state index contributed by atoms with van der Waals surface area (Å²) in [5.74, 6) is -0.783. The van der Waals surface area contributed by atoms with E-state index < -0.39 is 15.0 Å². The molecule has 0 radical (unpaired) electrons. The van der Waals surface area contributed by atoms with E-state index in [1.165, 1.54) is 0 Å². The summed E-state index contributed by atoms with van der Waals surface area (Å²) in [5, 5.41) is 6.22. The Hall–Kier alpha value is -1.08. The van der Waals surface area contributed by atoms with E-state index in [1.54, 1.807) is 0 Å². The minimum absolute atomic E-state index is 0.205. The van der Waals surface area contributed by atoms with Gasteiger partial charge in [0.2, 0.25) is 0 Å². The summed E-state index contributed by atoms with van der Waals surface area (Å²) in [6.45, 7) is 3.91. The summed E-state index contributed by atoms with van der Waals surface area (Å²) in [4.78, 5) is 11.4. The van der Waals surface area contributed by atoms with Crippen LogP contribution < -0.4 is 0 Å². The van der Waals surface area contributed by atoms with E-state index in [4.69, 9.17) is 15.4 Å². The number of nitrogens with one attached hydrogen (secondary N) is 1. The molecule has 18 heavy (non-hydrogen) atoms. The van der Waals surface area contributed by atoms with Crippen molar-refractivity contribution in [1.29, 1.82) is 0 Å². The van der Waals surface area contributed by atoms with E-state index in [2.05, 4.69) is 10.2 Å². The lowest BCUT2D eigenvalue weighted by atomic mass is 10.2. The minimum Gasteiger partial charge on any atom is -0.461 e. The van der Waals surface area contributed by atoms with Gasteiger partial charge in [-0.2, -0.15) is 5.10 Å². The summed E-state index contributed by atoms with van der Waals surface area (Å²) in [5.41, 5.74) is 0.0536. The lowest BCUT2D eigenvalue weighted by Gasteiger charge is -2.02. The highest BCUT2D eigenvalue weighted by Gasteiger charge is 2.28. The number of halogens is 1. The predicted molar refractivity (Wildman–Crippen MR) is 66.2 cm³/mol. The number of aromatic amines is 1. The summed E-state index contributed by atoms with van der Waals surface area (Å²) in [6, 6.07) is 0. The van der Waals surface area contributed by atoms with Crippen LogP contribution in [0.2, 0.25) is 0 Å². The van der Waals surface area contributed by atoms with Gasteiger partial charge < -0.3 is 4.74 Å². The van der Waals surface area contributed by atoms with Crippen molar-refractivity contribution in [3.05, 3.63) is 11.4 Å². The Morgan fingerprint density at radius 2 is 2.06 bits per heavy atom. The third-order valence-electron chi connectivity index (χ3n) is 2.17. The number of hydrogen-bond donors (Lipinski definition) is 1. The molecule has 0 saturated heterocycles. The van der Waals surface area contributed by atoms with Crippen molar-refractivity contribution >= 4 is 25.7 Å². The molecule has 0 saturated carbocycles. The van der Waals surface area contributed by atoms with Crippen molar-refractivity contribution < 1.29 is 17.9 Å². The third-order valence-corrected chi connectivity index (χ3v) is 3.56. The number of aryl methyl sites for hydroxylation is 1. The molecule has 102 valence electrons. The first kappa shape index (κ1) is 15.0. The third kappa shape index (κ3) is 3.46. The number of aromatic nitrogens is 2. The predicted octanol–water partition coefficient (Wildman–Crippen LogP) is 1.86.